The van der Waals surface area contributed by atoms with Gasteiger partial charge in [-0.1, -0.05) is 136 Å². The molecule has 1 rings (SSSR count). The molecule has 0 heterocycles. The van der Waals surface area contributed by atoms with Crippen LogP contribution in [0.25, 0.3) is 0 Å². The van der Waals surface area contributed by atoms with Gasteiger partial charge in [-0.25, -0.2) is 0 Å². The molecule has 174 valence electrons. The number of unbranched alkanes of at least 4 members (excludes halogenated alkanes) is 5. The fourth-order valence-electron chi connectivity index (χ4n) is 1.87. The van der Waals surface area contributed by atoms with Crippen LogP contribution in [0.2, 0.25) is 0 Å². The van der Waals surface area contributed by atoms with Crippen LogP contribution in [0, 0.1) is 12.8 Å². The minimum atomic E-state index is 0. The first-order chi connectivity index (χ1) is 13.4. The second-order valence-corrected chi connectivity index (χ2v) is 6.85. The molecule has 0 aliphatic heterocycles. The molecule has 0 amide bonds. The number of hydrogen-bond acceptors (Lipinski definition) is 1. The summed E-state index contributed by atoms with van der Waals surface area (Å²) >= 11 is 0. The van der Waals surface area contributed by atoms with Crippen molar-refractivity contribution in [3.8, 4) is 0 Å². The Bertz CT molecular complexity index is 375. The minimum absolute atomic E-state index is 0. The van der Waals surface area contributed by atoms with E-state index in [-0.39, 0.29) is 13.3 Å². The molecule has 0 fully saturated rings. The minimum Gasteiger partial charge on any atom is -0.299 e. The third kappa shape index (κ3) is 46.5. The van der Waals surface area contributed by atoms with Gasteiger partial charge in [-0.2, -0.15) is 0 Å². The first-order valence-corrected chi connectivity index (χ1v) is 11.5. The first-order valence-electron chi connectivity index (χ1n) is 11.5. The van der Waals surface area contributed by atoms with E-state index in [1.165, 1.54) is 44.1 Å². The van der Waals surface area contributed by atoms with Crippen molar-refractivity contribution in [1.29, 1.82) is 0 Å². The van der Waals surface area contributed by atoms with Crippen LogP contribution in [0.15, 0.2) is 43.0 Å². The molecule has 1 aromatic carbocycles. The Kier molecular flexibility index (Phi) is 49.3. The Balaban J connectivity index is -0.0000000899. The molecule has 0 aromatic heterocycles. The van der Waals surface area contributed by atoms with Crippen LogP contribution in [0.1, 0.15) is 120 Å². The van der Waals surface area contributed by atoms with E-state index in [2.05, 4.69) is 46.4 Å². The fraction of sp³-hybridized carbons (Fsp3) is 0.679. The normalized spacial score (nSPS) is 8.21. The van der Waals surface area contributed by atoms with Crippen molar-refractivity contribution in [1.82, 2.24) is 0 Å². The van der Waals surface area contributed by atoms with Crippen molar-refractivity contribution in [3.05, 3.63) is 48.6 Å². The van der Waals surface area contributed by atoms with Gasteiger partial charge in [0.2, 0.25) is 0 Å². The van der Waals surface area contributed by atoms with Gasteiger partial charge in [0.25, 0.3) is 0 Å². The molecule has 0 aliphatic carbocycles. The summed E-state index contributed by atoms with van der Waals surface area (Å²) in [6, 6.07) is 10.3. The predicted octanol–water partition coefficient (Wildman–Crippen LogP) is 10.2. The topological polar surface area (TPSA) is 17.1 Å². The van der Waals surface area contributed by atoms with Crippen LogP contribution < -0.4 is 0 Å². The average Bonchev–Trinajstić information content (AvgIpc) is 2.70. The zero-order chi connectivity index (χ0) is 22.6. The van der Waals surface area contributed by atoms with E-state index in [9.17, 15) is 4.79 Å². The van der Waals surface area contributed by atoms with E-state index < -0.39 is 0 Å². The van der Waals surface area contributed by atoms with Gasteiger partial charge < -0.3 is 0 Å². The van der Waals surface area contributed by atoms with Crippen LogP contribution in [0.5, 0.6) is 0 Å². The number of allylic oxidation sites excluding steroid dienone is 1. The number of ketones is 1. The summed E-state index contributed by atoms with van der Waals surface area (Å²) in [5.74, 6) is 0.644. The Morgan fingerprint density at radius 3 is 1.48 bits per heavy atom. The lowest BCUT2D eigenvalue weighted by atomic mass is 10.0. The molecule has 0 unspecified atom stereocenters. The maximum atomic E-state index is 11.0. The number of aryl methyl sites for hydroxylation is 1. The number of hydrogen-bond donors (Lipinski definition) is 0. The first kappa shape index (κ1) is 38.3. The molecule has 0 bridgehead atoms. The van der Waals surface area contributed by atoms with Gasteiger partial charge in [0.1, 0.15) is 5.78 Å². The second kappa shape index (κ2) is 37.4. The zero-order valence-corrected chi connectivity index (χ0v) is 20.8. The molecule has 0 spiro atoms. The molecule has 0 atom stereocenters. The van der Waals surface area contributed by atoms with E-state index in [0.29, 0.717) is 5.78 Å². The maximum Gasteiger partial charge on any atom is 0.135 e. The van der Waals surface area contributed by atoms with E-state index in [1.807, 2.05) is 52.8 Å². The molecule has 29 heavy (non-hydrogen) atoms. The molecule has 0 radical (unpaired) electrons. The van der Waals surface area contributed by atoms with Crippen molar-refractivity contribution < 1.29 is 4.79 Å². The molecule has 1 heteroatoms. The summed E-state index contributed by atoms with van der Waals surface area (Å²) in [4.78, 5) is 11.0. The second-order valence-electron chi connectivity index (χ2n) is 6.85. The van der Waals surface area contributed by atoms with Crippen LogP contribution in [0.3, 0.4) is 0 Å². The molecule has 1 nitrogen and oxygen atoms in total. The van der Waals surface area contributed by atoms with Crippen LogP contribution >= 0.6 is 0 Å². The highest BCUT2D eigenvalue weighted by molar-refractivity contribution is 5.80. The number of benzene rings is 1. The molecule has 0 saturated carbocycles. The van der Waals surface area contributed by atoms with Gasteiger partial charge in [-0.05, 0) is 20.3 Å². The van der Waals surface area contributed by atoms with Crippen molar-refractivity contribution in [2.75, 3.05) is 0 Å². The fourth-order valence-corrected chi connectivity index (χ4v) is 1.87. The van der Waals surface area contributed by atoms with Gasteiger partial charge in [-0.3, -0.25) is 4.79 Å². The smallest absolute Gasteiger partial charge is 0.135 e. The van der Waals surface area contributed by atoms with Crippen LogP contribution in [0.4, 0.5) is 0 Å². The van der Waals surface area contributed by atoms with Crippen molar-refractivity contribution in [2.45, 2.75) is 121 Å². The Morgan fingerprint density at radius 1 is 0.897 bits per heavy atom. The summed E-state index contributed by atoms with van der Waals surface area (Å²) in [5.41, 5.74) is 1.32. The standard InChI is InChI=1S/C9H18O.C7H8.C6H14.C3H6.C2H6.CH4/c1-4-5-6-7-9(10)8(2)3;1-7-5-3-2-4-6-7;1-3-5-6-4-2;1-3-2;1-2;/h8H,4-7H2,1-3H3;2-6H,1H3;3-6H2,1-2H3;3H,1H2,2H3;1-2H3;1H4. The molecular weight excluding hydrogens is 352 g/mol. The monoisotopic (exact) mass is 408 g/mol. The quantitative estimate of drug-likeness (QED) is 0.309. The van der Waals surface area contributed by atoms with Crippen molar-refractivity contribution in [3.63, 3.8) is 0 Å². The molecular formula is C28H56O. The Labute approximate surface area is 186 Å². The maximum absolute atomic E-state index is 11.0. The lowest BCUT2D eigenvalue weighted by Gasteiger charge is -2.01. The van der Waals surface area contributed by atoms with Gasteiger partial charge in [0, 0.05) is 12.3 Å². The lowest BCUT2D eigenvalue weighted by Crippen LogP contribution is -2.05. The average molecular weight is 409 g/mol. The molecule has 1 aromatic rings. The van der Waals surface area contributed by atoms with Gasteiger partial charge in [-0.15, -0.1) is 6.58 Å². The predicted molar refractivity (Wildman–Crippen MR) is 139 cm³/mol. The van der Waals surface area contributed by atoms with Crippen LogP contribution in [-0.4, -0.2) is 5.78 Å². The molecule has 0 saturated heterocycles. The highest BCUT2D eigenvalue weighted by atomic mass is 16.1. The van der Waals surface area contributed by atoms with E-state index in [4.69, 9.17) is 0 Å². The summed E-state index contributed by atoms with van der Waals surface area (Å²) in [7, 11) is 0. The number of rotatable bonds is 8. The highest BCUT2D eigenvalue weighted by Gasteiger charge is 2.04. The van der Waals surface area contributed by atoms with Gasteiger partial charge in [0.05, 0.1) is 0 Å². The van der Waals surface area contributed by atoms with Crippen molar-refractivity contribution in [2.24, 2.45) is 5.92 Å². The summed E-state index contributed by atoms with van der Waals surface area (Å²) < 4.78 is 0. The third-order valence-electron chi connectivity index (χ3n) is 3.57. The van der Waals surface area contributed by atoms with E-state index in [0.717, 1.165) is 12.8 Å². The van der Waals surface area contributed by atoms with Gasteiger partial charge in [0.15, 0.2) is 0 Å². The largest absolute Gasteiger partial charge is 0.299 e. The zero-order valence-electron chi connectivity index (χ0n) is 20.8. The third-order valence-corrected chi connectivity index (χ3v) is 3.57. The van der Waals surface area contributed by atoms with E-state index >= 15 is 0 Å². The number of Topliss-reactive ketones (excluding diaryl/α,β-unsaturated/α-hetero) is 1. The Morgan fingerprint density at radius 2 is 1.24 bits per heavy atom. The molecule has 0 aliphatic rings. The Hall–Kier alpha value is -1.37. The highest BCUT2D eigenvalue weighted by Crippen LogP contribution is 2.05. The summed E-state index contributed by atoms with van der Waals surface area (Å²) in [6.07, 6.45) is 11.5. The molecule has 0 N–H and O–H groups in total. The van der Waals surface area contributed by atoms with Gasteiger partial charge >= 0.3 is 0 Å². The number of carbonyl (C=O) groups excluding carboxylic acids is 1. The van der Waals surface area contributed by atoms with Crippen molar-refractivity contribution >= 4 is 5.78 Å². The van der Waals surface area contributed by atoms with E-state index in [1.54, 1.807) is 6.08 Å². The SMILES string of the molecule is C.C=CC.CC.CCCCCC.CCCCCC(=O)C(C)C.Cc1ccccc1. The van der Waals surface area contributed by atoms with Crippen LogP contribution in [-0.2, 0) is 4.79 Å². The summed E-state index contributed by atoms with van der Waals surface area (Å²) in [5, 5.41) is 0. The number of carbonyl (C=O) groups is 1. The summed E-state index contributed by atoms with van der Waals surface area (Å²) in [6.45, 7) is 21.9. The lowest BCUT2D eigenvalue weighted by molar-refractivity contribution is -0.122.